The van der Waals surface area contributed by atoms with Gasteiger partial charge in [0.2, 0.25) is 5.91 Å². The normalized spacial score (nSPS) is 20.9. The lowest BCUT2D eigenvalue weighted by Gasteiger charge is -2.36. The number of rotatable bonds is 5. The largest absolute Gasteiger partial charge is 0.431 e. The van der Waals surface area contributed by atoms with Crippen LogP contribution in [-0.2, 0) is 11.3 Å². The highest BCUT2D eigenvalue weighted by Crippen LogP contribution is 2.31. The van der Waals surface area contributed by atoms with Crippen molar-refractivity contribution >= 4 is 27.5 Å². The first-order chi connectivity index (χ1) is 14.6. The van der Waals surface area contributed by atoms with Crippen molar-refractivity contribution in [3.63, 3.8) is 0 Å². The number of para-hydroxylation sites is 1. The Morgan fingerprint density at radius 2 is 1.87 bits per heavy atom. The van der Waals surface area contributed by atoms with Gasteiger partial charge < -0.3 is 14.7 Å². The number of carbonyl (C=O) groups is 1. The molecule has 156 valence electrons. The molecule has 5 rings (SSSR count). The summed E-state index contributed by atoms with van der Waals surface area (Å²) in [4.78, 5) is 20.8. The van der Waals surface area contributed by atoms with Gasteiger partial charge in [0.25, 0.3) is 5.19 Å². The zero-order valence-corrected chi connectivity index (χ0v) is 17.6. The molecule has 0 saturated carbocycles. The molecule has 0 bridgehead atoms. The Balaban J connectivity index is 1.14. The van der Waals surface area contributed by atoms with Crippen molar-refractivity contribution < 1.29 is 14.6 Å². The van der Waals surface area contributed by atoms with Crippen molar-refractivity contribution in [1.29, 1.82) is 0 Å². The first-order valence-corrected chi connectivity index (χ1v) is 11.3. The average Bonchev–Trinajstić information content (AvgIpc) is 3.31. The zero-order valence-electron chi connectivity index (χ0n) is 16.7. The molecule has 2 aliphatic heterocycles. The molecule has 2 fully saturated rings. The number of hydrogen-bond acceptors (Lipinski definition) is 6. The maximum absolute atomic E-state index is 12.0. The lowest BCUT2D eigenvalue weighted by atomic mass is 10.0. The van der Waals surface area contributed by atoms with Crippen LogP contribution in [0.15, 0.2) is 48.5 Å². The Bertz CT molecular complexity index is 995. The Labute approximate surface area is 179 Å². The number of amides is 1. The summed E-state index contributed by atoms with van der Waals surface area (Å²) in [5.41, 5.74) is 2.21. The average molecular weight is 424 g/mol. The van der Waals surface area contributed by atoms with Gasteiger partial charge >= 0.3 is 0 Å². The highest BCUT2D eigenvalue weighted by Gasteiger charge is 2.34. The fourth-order valence-corrected chi connectivity index (χ4v) is 5.21. The minimum Gasteiger partial charge on any atom is -0.431 e. The number of benzene rings is 2. The minimum absolute atomic E-state index is 0.102. The van der Waals surface area contributed by atoms with E-state index in [1.54, 1.807) is 11.3 Å². The van der Waals surface area contributed by atoms with E-state index in [4.69, 9.17) is 4.74 Å². The molecule has 6 nitrogen and oxygen atoms in total. The van der Waals surface area contributed by atoms with Crippen LogP contribution in [0.1, 0.15) is 24.8 Å². The quantitative estimate of drug-likeness (QED) is 0.679. The van der Waals surface area contributed by atoms with Gasteiger partial charge in [-0.15, -0.1) is 0 Å². The molecule has 2 aliphatic rings. The highest BCUT2D eigenvalue weighted by atomic mass is 32.1. The molecule has 1 amide bonds. The van der Waals surface area contributed by atoms with Crippen molar-refractivity contribution in [3.8, 4) is 10.9 Å². The number of ether oxygens (including phenoxy) is 1. The van der Waals surface area contributed by atoms with Gasteiger partial charge in [-0.3, -0.25) is 9.69 Å². The summed E-state index contributed by atoms with van der Waals surface area (Å²) >= 11 is 1.55. The lowest BCUT2D eigenvalue weighted by molar-refractivity contribution is -0.130. The molecule has 0 unspecified atom stereocenters. The number of hydrogen-bond donors (Lipinski definition) is 1. The second-order valence-corrected chi connectivity index (χ2v) is 9.10. The topological polar surface area (TPSA) is 65.9 Å². The first-order valence-electron chi connectivity index (χ1n) is 10.5. The molecule has 1 atom stereocenters. The van der Waals surface area contributed by atoms with Crippen LogP contribution in [0.2, 0.25) is 0 Å². The summed E-state index contributed by atoms with van der Waals surface area (Å²) < 4.78 is 7.06. The zero-order chi connectivity index (χ0) is 20.5. The van der Waals surface area contributed by atoms with Gasteiger partial charge in [-0.2, -0.15) is 0 Å². The van der Waals surface area contributed by atoms with Crippen LogP contribution in [0.4, 0.5) is 0 Å². The van der Waals surface area contributed by atoms with Crippen molar-refractivity contribution in [2.45, 2.75) is 38.0 Å². The molecule has 2 aromatic carbocycles. The summed E-state index contributed by atoms with van der Waals surface area (Å²) in [5, 5.41) is 10.4. The van der Waals surface area contributed by atoms with Crippen LogP contribution in [0.5, 0.6) is 10.9 Å². The van der Waals surface area contributed by atoms with Gasteiger partial charge in [0, 0.05) is 32.2 Å². The van der Waals surface area contributed by atoms with E-state index in [1.165, 1.54) is 5.56 Å². The molecule has 0 radical (unpaired) electrons. The van der Waals surface area contributed by atoms with Crippen LogP contribution < -0.4 is 4.74 Å². The number of likely N-dealkylation sites (tertiary alicyclic amines) is 2. The first kappa shape index (κ1) is 19.5. The maximum atomic E-state index is 12.0. The lowest BCUT2D eigenvalue weighted by Crippen LogP contribution is -2.45. The van der Waals surface area contributed by atoms with E-state index < -0.39 is 6.10 Å². The number of aliphatic hydroxyl groups excluding tert-OH is 1. The van der Waals surface area contributed by atoms with E-state index in [9.17, 15) is 9.90 Å². The van der Waals surface area contributed by atoms with Gasteiger partial charge in [-0.1, -0.05) is 35.6 Å². The molecule has 2 saturated heterocycles. The number of aliphatic hydroxyl groups is 1. The molecular formula is C23H25N3O3S. The Morgan fingerprint density at radius 3 is 2.57 bits per heavy atom. The fourth-order valence-electron chi connectivity index (χ4n) is 4.37. The fraction of sp³-hybridized carbons (Fsp3) is 0.391. The van der Waals surface area contributed by atoms with Crippen LogP contribution in [-0.4, -0.2) is 57.6 Å². The van der Waals surface area contributed by atoms with Gasteiger partial charge in [0.15, 0.2) is 0 Å². The van der Waals surface area contributed by atoms with Crippen molar-refractivity contribution in [2.24, 2.45) is 0 Å². The highest BCUT2D eigenvalue weighted by molar-refractivity contribution is 7.20. The Kier molecular flexibility index (Phi) is 5.41. The standard InChI is InChI=1S/C23H25N3O3S/c27-18-13-22(28)26(15-18)17-9-11-25(12-10-17)14-16-5-7-19(8-6-16)29-23-24-20-3-1-2-4-21(20)30-23/h1-8,17-18,27H,9-15H2/t18-/m1/s1. The van der Waals surface area contributed by atoms with Gasteiger partial charge in [0.05, 0.1) is 22.7 Å². The maximum Gasteiger partial charge on any atom is 0.279 e. The number of nitrogens with zero attached hydrogens (tertiary/aromatic N) is 3. The monoisotopic (exact) mass is 423 g/mol. The number of carbonyl (C=O) groups excluding carboxylic acids is 1. The summed E-state index contributed by atoms with van der Waals surface area (Å²) in [6.45, 7) is 3.33. The third-order valence-corrected chi connectivity index (χ3v) is 6.86. The van der Waals surface area contributed by atoms with Crippen molar-refractivity contribution in [1.82, 2.24) is 14.8 Å². The molecule has 1 aromatic heterocycles. The molecule has 30 heavy (non-hydrogen) atoms. The van der Waals surface area contributed by atoms with E-state index in [2.05, 4.69) is 22.0 Å². The van der Waals surface area contributed by atoms with Crippen LogP contribution in [0.25, 0.3) is 10.2 Å². The predicted molar refractivity (Wildman–Crippen MR) is 117 cm³/mol. The third kappa shape index (κ3) is 4.19. The summed E-state index contributed by atoms with van der Waals surface area (Å²) in [5.74, 6) is 0.896. The molecule has 1 N–H and O–H groups in total. The third-order valence-electron chi connectivity index (χ3n) is 5.94. The van der Waals surface area contributed by atoms with E-state index in [0.29, 0.717) is 11.7 Å². The summed E-state index contributed by atoms with van der Waals surface area (Å²) in [6.07, 6.45) is 1.74. The van der Waals surface area contributed by atoms with Crippen molar-refractivity contribution in [3.05, 3.63) is 54.1 Å². The van der Waals surface area contributed by atoms with Gasteiger partial charge in [-0.25, -0.2) is 4.98 Å². The molecule has 0 aliphatic carbocycles. The summed E-state index contributed by atoms with van der Waals surface area (Å²) in [7, 11) is 0. The minimum atomic E-state index is -0.487. The smallest absolute Gasteiger partial charge is 0.279 e. The van der Waals surface area contributed by atoms with Gasteiger partial charge in [0.1, 0.15) is 5.75 Å². The van der Waals surface area contributed by atoms with E-state index in [0.717, 1.165) is 48.4 Å². The number of β-amino-alcohol motifs (C(OH)–C–C–N with tert-alkyl or cyclic N) is 1. The van der Waals surface area contributed by atoms with Crippen molar-refractivity contribution in [2.75, 3.05) is 19.6 Å². The molecule has 3 aromatic rings. The van der Waals surface area contributed by atoms with Crippen LogP contribution in [0, 0.1) is 0 Å². The molecule has 0 spiro atoms. The van der Waals surface area contributed by atoms with Crippen LogP contribution >= 0.6 is 11.3 Å². The van der Waals surface area contributed by atoms with Crippen LogP contribution in [0.3, 0.4) is 0 Å². The SMILES string of the molecule is O=C1C[C@@H](O)CN1C1CCN(Cc2ccc(Oc3nc4ccccc4s3)cc2)CC1. The second-order valence-electron chi connectivity index (χ2n) is 8.10. The Hall–Kier alpha value is -2.48. The van der Waals surface area contributed by atoms with E-state index in [1.807, 2.05) is 41.3 Å². The second kappa shape index (κ2) is 8.34. The molecule has 3 heterocycles. The number of piperidine rings is 1. The predicted octanol–water partition coefficient (Wildman–Crippen LogP) is 3.65. The van der Waals surface area contributed by atoms with E-state index in [-0.39, 0.29) is 18.4 Å². The number of fused-ring (bicyclic) bond motifs is 1. The summed E-state index contributed by atoms with van der Waals surface area (Å²) in [6, 6.07) is 16.5. The molecular weight excluding hydrogens is 398 g/mol. The Morgan fingerprint density at radius 1 is 1.10 bits per heavy atom. The number of thiazole rings is 1. The molecule has 7 heteroatoms. The number of aromatic nitrogens is 1. The van der Waals surface area contributed by atoms with E-state index >= 15 is 0 Å². The van der Waals surface area contributed by atoms with Gasteiger partial charge in [-0.05, 0) is 42.7 Å².